The Morgan fingerprint density at radius 2 is 1.79 bits per heavy atom. The normalized spacial score (nSPS) is 10.8. The summed E-state index contributed by atoms with van der Waals surface area (Å²) >= 11 is 0. The van der Waals surface area contributed by atoms with Crippen molar-refractivity contribution in [1.82, 2.24) is 10.7 Å². The highest BCUT2D eigenvalue weighted by molar-refractivity contribution is 6.02. The number of nitrogens with zero attached hydrogens (tertiary/aromatic N) is 1. The molecule has 0 saturated heterocycles. The van der Waals surface area contributed by atoms with Gasteiger partial charge in [-0.25, -0.2) is 14.6 Å². The molecule has 0 spiro atoms. The minimum absolute atomic E-state index is 0.0356. The van der Waals surface area contributed by atoms with Gasteiger partial charge in [-0.3, -0.25) is 4.79 Å². The van der Waals surface area contributed by atoms with Gasteiger partial charge in [0.1, 0.15) is 18.1 Å². The number of halogens is 1. The minimum Gasteiger partial charge on any atom is -0.507 e. The number of benzene rings is 3. The number of hydrogen-bond acceptors (Lipinski definition) is 4. The molecule has 8 heteroatoms. The molecule has 0 heterocycles. The number of urea groups is 1. The van der Waals surface area contributed by atoms with Crippen LogP contribution in [0.3, 0.4) is 0 Å². The number of rotatable bonds is 5. The lowest BCUT2D eigenvalue weighted by atomic mass is 10.0. The third kappa shape index (κ3) is 4.82. The molecule has 0 aromatic heterocycles. The van der Waals surface area contributed by atoms with Crippen LogP contribution < -0.4 is 16.1 Å². The number of nitrogens with one attached hydrogen (secondary N) is 3. The van der Waals surface area contributed by atoms with E-state index in [4.69, 9.17) is 0 Å². The van der Waals surface area contributed by atoms with E-state index in [2.05, 4.69) is 21.2 Å². The second-order valence-electron chi connectivity index (χ2n) is 5.83. The fourth-order valence-electron chi connectivity index (χ4n) is 2.50. The highest BCUT2D eigenvalue weighted by atomic mass is 19.1. The maximum atomic E-state index is 12.8. The largest absolute Gasteiger partial charge is 0.507 e. The third-order valence-electron chi connectivity index (χ3n) is 3.84. The summed E-state index contributed by atoms with van der Waals surface area (Å²) in [6.07, 6.45) is 1.34. The molecule has 0 aliphatic rings. The van der Waals surface area contributed by atoms with Gasteiger partial charge in [0.2, 0.25) is 0 Å². The average Bonchev–Trinajstić information content (AvgIpc) is 2.70. The molecule has 3 aromatic rings. The topological polar surface area (TPSA) is 103 Å². The fourth-order valence-corrected chi connectivity index (χ4v) is 2.50. The highest BCUT2D eigenvalue weighted by Crippen LogP contribution is 2.25. The number of hydrazone groups is 1. The van der Waals surface area contributed by atoms with Crippen LogP contribution in [-0.2, 0) is 4.79 Å². The molecule has 0 aliphatic heterocycles. The Morgan fingerprint density at radius 3 is 2.57 bits per heavy atom. The molecule has 0 aliphatic carbocycles. The number of phenolic OH excluding ortho intramolecular Hbond substituents is 1. The summed E-state index contributed by atoms with van der Waals surface area (Å²) in [5.74, 6) is -0.931. The number of amides is 3. The Labute approximate surface area is 159 Å². The molecule has 7 nitrogen and oxygen atoms in total. The Hall–Kier alpha value is -3.94. The second-order valence-corrected chi connectivity index (χ2v) is 5.83. The van der Waals surface area contributed by atoms with Gasteiger partial charge in [-0.05, 0) is 41.1 Å². The summed E-state index contributed by atoms with van der Waals surface area (Å²) in [5, 5.41) is 20.4. The van der Waals surface area contributed by atoms with Crippen molar-refractivity contribution >= 4 is 34.6 Å². The van der Waals surface area contributed by atoms with Crippen LogP contribution in [0.15, 0.2) is 65.8 Å². The molecule has 0 radical (unpaired) electrons. The van der Waals surface area contributed by atoms with Crippen molar-refractivity contribution < 1.29 is 19.1 Å². The number of hydrogen-bond donors (Lipinski definition) is 4. The van der Waals surface area contributed by atoms with Crippen LogP contribution >= 0.6 is 0 Å². The lowest BCUT2D eigenvalue weighted by molar-refractivity contribution is -0.120. The van der Waals surface area contributed by atoms with Crippen molar-refractivity contribution in [3.05, 3.63) is 72.0 Å². The van der Waals surface area contributed by atoms with Gasteiger partial charge in [0.05, 0.1) is 6.21 Å². The summed E-state index contributed by atoms with van der Waals surface area (Å²) in [7, 11) is 0. The van der Waals surface area contributed by atoms with E-state index in [0.717, 1.165) is 10.8 Å². The molecule has 0 atom stereocenters. The van der Waals surface area contributed by atoms with Crippen LogP contribution in [0.5, 0.6) is 5.75 Å². The Morgan fingerprint density at radius 1 is 1.04 bits per heavy atom. The van der Waals surface area contributed by atoms with E-state index in [-0.39, 0.29) is 12.3 Å². The summed E-state index contributed by atoms with van der Waals surface area (Å²) in [5.41, 5.74) is 3.14. The smallest absolute Gasteiger partial charge is 0.319 e. The SMILES string of the molecule is O=C(CNC(=O)Nc1ccc(F)cc1)NN=Cc1c(O)ccc2ccccc12. The highest BCUT2D eigenvalue weighted by Gasteiger charge is 2.07. The lowest BCUT2D eigenvalue weighted by Gasteiger charge is -2.07. The Bertz CT molecular complexity index is 1040. The number of carbonyl (C=O) groups is 2. The van der Waals surface area contributed by atoms with E-state index in [9.17, 15) is 19.1 Å². The summed E-state index contributed by atoms with van der Waals surface area (Å²) in [6.45, 7) is -0.314. The third-order valence-corrected chi connectivity index (χ3v) is 3.84. The van der Waals surface area contributed by atoms with Gasteiger partial charge in [-0.15, -0.1) is 0 Å². The maximum Gasteiger partial charge on any atom is 0.319 e. The molecule has 142 valence electrons. The van der Waals surface area contributed by atoms with Crippen LogP contribution in [-0.4, -0.2) is 29.8 Å². The fraction of sp³-hybridized carbons (Fsp3) is 0.0500. The standard InChI is InChI=1S/C20H17FN4O3/c21-14-6-8-15(9-7-14)24-20(28)22-12-19(27)25-23-11-17-16-4-2-1-3-13(16)5-10-18(17)26/h1-11,26H,12H2,(H,25,27)(H2,22,24,28). The van der Waals surface area contributed by atoms with Gasteiger partial charge in [0.15, 0.2) is 0 Å². The lowest BCUT2D eigenvalue weighted by Crippen LogP contribution is -2.37. The first-order valence-corrected chi connectivity index (χ1v) is 8.36. The number of phenols is 1. The Kier molecular flexibility index (Phi) is 5.81. The van der Waals surface area contributed by atoms with Gasteiger partial charge in [0, 0.05) is 11.3 Å². The monoisotopic (exact) mass is 380 g/mol. The van der Waals surface area contributed by atoms with Crippen molar-refractivity contribution in [2.45, 2.75) is 0 Å². The first-order valence-electron chi connectivity index (χ1n) is 8.36. The summed E-state index contributed by atoms with van der Waals surface area (Å²) in [4.78, 5) is 23.5. The van der Waals surface area contributed by atoms with Crippen LogP contribution in [0.25, 0.3) is 10.8 Å². The first kappa shape index (κ1) is 18.8. The number of anilines is 1. The quantitative estimate of drug-likeness (QED) is 0.404. The van der Waals surface area contributed by atoms with Crippen LogP contribution in [0, 0.1) is 5.82 Å². The molecule has 0 unspecified atom stereocenters. The average molecular weight is 380 g/mol. The van der Waals surface area contributed by atoms with E-state index in [1.165, 1.54) is 30.5 Å². The van der Waals surface area contributed by atoms with Gasteiger partial charge < -0.3 is 15.7 Å². The van der Waals surface area contributed by atoms with Gasteiger partial charge in [-0.1, -0.05) is 30.3 Å². The number of fused-ring (bicyclic) bond motifs is 1. The predicted octanol–water partition coefficient (Wildman–Crippen LogP) is 2.96. The molecule has 0 bridgehead atoms. The van der Waals surface area contributed by atoms with Crippen molar-refractivity contribution in [3.63, 3.8) is 0 Å². The maximum absolute atomic E-state index is 12.8. The molecule has 4 N–H and O–H groups in total. The van der Waals surface area contributed by atoms with E-state index >= 15 is 0 Å². The van der Waals surface area contributed by atoms with Crippen molar-refractivity contribution in [1.29, 1.82) is 0 Å². The summed E-state index contributed by atoms with van der Waals surface area (Å²) < 4.78 is 12.8. The van der Waals surface area contributed by atoms with E-state index < -0.39 is 17.8 Å². The zero-order valence-electron chi connectivity index (χ0n) is 14.6. The number of carbonyl (C=O) groups excluding carboxylic acids is 2. The van der Waals surface area contributed by atoms with Crippen LogP contribution in [0.2, 0.25) is 0 Å². The van der Waals surface area contributed by atoms with Gasteiger partial charge in [-0.2, -0.15) is 5.10 Å². The molecular formula is C20H17FN4O3. The van der Waals surface area contributed by atoms with Gasteiger partial charge >= 0.3 is 6.03 Å². The minimum atomic E-state index is -0.613. The zero-order chi connectivity index (χ0) is 19.9. The van der Waals surface area contributed by atoms with Crippen LogP contribution in [0.1, 0.15) is 5.56 Å². The molecule has 28 heavy (non-hydrogen) atoms. The van der Waals surface area contributed by atoms with Crippen molar-refractivity contribution in [3.8, 4) is 5.75 Å². The molecule has 0 saturated carbocycles. The van der Waals surface area contributed by atoms with Crippen LogP contribution in [0.4, 0.5) is 14.9 Å². The summed E-state index contributed by atoms with van der Waals surface area (Å²) in [6, 6.07) is 15.4. The van der Waals surface area contributed by atoms with Gasteiger partial charge in [0.25, 0.3) is 5.91 Å². The van der Waals surface area contributed by atoms with Crippen molar-refractivity contribution in [2.24, 2.45) is 5.10 Å². The molecular weight excluding hydrogens is 363 g/mol. The van der Waals surface area contributed by atoms with E-state index in [1.807, 2.05) is 24.3 Å². The molecule has 3 aromatic carbocycles. The molecule has 3 amide bonds. The van der Waals surface area contributed by atoms with Crippen molar-refractivity contribution in [2.75, 3.05) is 11.9 Å². The first-order chi connectivity index (χ1) is 13.5. The predicted molar refractivity (Wildman–Crippen MR) is 105 cm³/mol. The number of aromatic hydroxyl groups is 1. The molecule has 3 rings (SSSR count). The van der Waals surface area contributed by atoms with E-state index in [0.29, 0.717) is 11.3 Å². The second kappa shape index (κ2) is 8.63. The Balaban J connectivity index is 1.52. The molecule has 0 fully saturated rings. The van der Waals surface area contributed by atoms with E-state index in [1.54, 1.807) is 12.1 Å². The zero-order valence-corrected chi connectivity index (χ0v) is 14.6.